The first kappa shape index (κ1) is 20.8. The van der Waals surface area contributed by atoms with Crippen molar-refractivity contribution >= 4 is 17.3 Å². The number of non-ortho nitro benzene ring substituents is 1. The molecule has 8 nitrogen and oxygen atoms in total. The number of hydrogen-bond donors (Lipinski definition) is 1. The Hall–Kier alpha value is -2.97. The SMILES string of the molecule is CN(C)c1ccc([C@H](CNC(=O)c2cccc([N+](=O)[O-])c2)N2CCOCC2)cc1. The number of anilines is 1. The number of nitro groups is 1. The third-order valence-electron chi connectivity index (χ3n) is 5.06. The zero-order valence-electron chi connectivity index (χ0n) is 16.7. The zero-order chi connectivity index (χ0) is 20.8. The van der Waals surface area contributed by atoms with Crippen molar-refractivity contribution in [3.8, 4) is 0 Å². The van der Waals surface area contributed by atoms with Crippen LogP contribution in [-0.4, -0.2) is 62.7 Å². The van der Waals surface area contributed by atoms with Crippen molar-refractivity contribution in [3.63, 3.8) is 0 Å². The van der Waals surface area contributed by atoms with Gasteiger partial charge in [-0.1, -0.05) is 18.2 Å². The van der Waals surface area contributed by atoms with Crippen molar-refractivity contribution in [2.24, 2.45) is 0 Å². The molecular formula is C21H26N4O4. The van der Waals surface area contributed by atoms with E-state index in [2.05, 4.69) is 34.5 Å². The smallest absolute Gasteiger partial charge is 0.270 e. The maximum atomic E-state index is 12.6. The molecule has 1 saturated heterocycles. The van der Waals surface area contributed by atoms with Gasteiger partial charge in [0.2, 0.25) is 0 Å². The Morgan fingerprint density at radius 1 is 1.21 bits per heavy atom. The second-order valence-corrected chi connectivity index (χ2v) is 7.17. The van der Waals surface area contributed by atoms with E-state index in [0.29, 0.717) is 19.8 Å². The molecule has 1 heterocycles. The van der Waals surface area contributed by atoms with Crippen molar-refractivity contribution in [2.75, 3.05) is 51.8 Å². The first-order valence-corrected chi connectivity index (χ1v) is 9.57. The van der Waals surface area contributed by atoms with E-state index in [1.807, 2.05) is 19.0 Å². The van der Waals surface area contributed by atoms with Crippen molar-refractivity contribution < 1.29 is 14.5 Å². The quantitative estimate of drug-likeness (QED) is 0.569. The average Bonchev–Trinajstić information content (AvgIpc) is 2.75. The summed E-state index contributed by atoms with van der Waals surface area (Å²) in [6, 6.07) is 14.0. The van der Waals surface area contributed by atoms with E-state index < -0.39 is 4.92 Å². The molecule has 1 fully saturated rings. The lowest BCUT2D eigenvalue weighted by Gasteiger charge is -2.35. The number of hydrogen-bond acceptors (Lipinski definition) is 6. The van der Waals surface area contributed by atoms with E-state index in [1.54, 1.807) is 6.07 Å². The highest BCUT2D eigenvalue weighted by Gasteiger charge is 2.24. The second-order valence-electron chi connectivity index (χ2n) is 7.17. The summed E-state index contributed by atoms with van der Waals surface area (Å²) < 4.78 is 5.47. The zero-order valence-corrected chi connectivity index (χ0v) is 16.7. The largest absolute Gasteiger partial charge is 0.379 e. The van der Waals surface area contributed by atoms with Gasteiger partial charge in [-0.3, -0.25) is 19.8 Å². The Morgan fingerprint density at radius 2 is 1.90 bits per heavy atom. The molecule has 3 rings (SSSR count). The molecule has 0 radical (unpaired) electrons. The van der Waals surface area contributed by atoms with Gasteiger partial charge in [0.25, 0.3) is 11.6 Å². The molecule has 0 aliphatic carbocycles. The minimum absolute atomic E-state index is 0.00207. The molecule has 0 unspecified atom stereocenters. The van der Waals surface area contributed by atoms with Crippen LogP contribution in [0.4, 0.5) is 11.4 Å². The van der Waals surface area contributed by atoms with Crippen LogP contribution in [-0.2, 0) is 4.74 Å². The minimum Gasteiger partial charge on any atom is -0.379 e. The number of carbonyl (C=O) groups is 1. The fourth-order valence-corrected chi connectivity index (χ4v) is 3.39. The molecule has 1 atom stereocenters. The van der Waals surface area contributed by atoms with Crippen LogP contribution in [0.15, 0.2) is 48.5 Å². The Kier molecular flexibility index (Phi) is 6.79. The molecule has 0 aromatic heterocycles. The van der Waals surface area contributed by atoms with Gasteiger partial charge in [-0.2, -0.15) is 0 Å². The molecule has 29 heavy (non-hydrogen) atoms. The summed E-state index contributed by atoms with van der Waals surface area (Å²) >= 11 is 0. The number of ether oxygens (including phenoxy) is 1. The topological polar surface area (TPSA) is 88.0 Å². The van der Waals surface area contributed by atoms with Gasteiger partial charge in [0, 0.05) is 57.1 Å². The molecule has 2 aromatic carbocycles. The van der Waals surface area contributed by atoms with E-state index in [0.717, 1.165) is 24.3 Å². The molecule has 2 aromatic rings. The van der Waals surface area contributed by atoms with Gasteiger partial charge in [-0.05, 0) is 23.8 Å². The molecule has 0 spiro atoms. The molecule has 1 amide bonds. The van der Waals surface area contributed by atoms with Gasteiger partial charge in [-0.15, -0.1) is 0 Å². The van der Waals surface area contributed by atoms with E-state index in [9.17, 15) is 14.9 Å². The predicted molar refractivity (Wildman–Crippen MR) is 111 cm³/mol. The maximum Gasteiger partial charge on any atom is 0.270 e. The van der Waals surface area contributed by atoms with Crippen LogP contribution in [0, 0.1) is 10.1 Å². The van der Waals surface area contributed by atoms with Gasteiger partial charge in [0.15, 0.2) is 0 Å². The number of carbonyl (C=O) groups excluding carboxylic acids is 1. The molecular weight excluding hydrogens is 372 g/mol. The lowest BCUT2D eigenvalue weighted by Crippen LogP contribution is -2.43. The maximum absolute atomic E-state index is 12.6. The summed E-state index contributed by atoms with van der Waals surface area (Å²) in [5, 5.41) is 13.9. The predicted octanol–water partition coefficient (Wildman–Crippen LogP) is 2.46. The lowest BCUT2D eigenvalue weighted by atomic mass is 10.0. The Labute approximate surface area is 170 Å². The first-order chi connectivity index (χ1) is 14.0. The molecule has 1 N–H and O–H groups in total. The van der Waals surface area contributed by atoms with Crippen LogP contribution >= 0.6 is 0 Å². The van der Waals surface area contributed by atoms with Gasteiger partial charge < -0.3 is 15.0 Å². The number of amides is 1. The molecule has 154 valence electrons. The van der Waals surface area contributed by atoms with Gasteiger partial charge >= 0.3 is 0 Å². The Bertz CT molecular complexity index is 848. The lowest BCUT2D eigenvalue weighted by molar-refractivity contribution is -0.384. The van der Waals surface area contributed by atoms with Gasteiger partial charge in [-0.25, -0.2) is 0 Å². The molecule has 1 aliphatic heterocycles. The summed E-state index contributed by atoms with van der Waals surface area (Å²) in [5.74, 6) is -0.322. The summed E-state index contributed by atoms with van der Waals surface area (Å²) in [5.41, 5.74) is 2.40. The highest BCUT2D eigenvalue weighted by Crippen LogP contribution is 2.24. The summed E-state index contributed by atoms with van der Waals surface area (Å²) in [6.45, 7) is 3.29. The normalized spacial score (nSPS) is 15.5. The van der Waals surface area contributed by atoms with Crippen LogP contribution in [0.2, 0.25) is 0 Å². The third kappa shape index (κ3) is 5.30. The third-order valence-corrected chi connectivity index (χ3v) is 5.06. The highest BCUT2D eigenvalue weighted by atomic mass is 16.6. The number of benzene rings is 2. The van der Waals surface area contributed by atoms with Gasteiger partial charge in [0.05, 0.1) is 24.2 Å². The monoisotopic (exact) mass is 398 g/mol. The molecule has 1 aliphatic rings. The van der Waals surface area contributed by atoms with Crippen molar-refractivity contribution in [1.82, 2.24) is 10.2 Å². The molecule has 0 bridgehead atoms. The molecule has 0 saturated carbocycles. The molecule has 8 heteroatoms. The minimum atomic E-state index is -0.500. The van der Waals surface area contributed by atoms with Crippen LogP contribution < -0.4 is 10.2 Å². The number of rotatable bonds is 7. The number of nitro benzene ring substituents is 1. The fourth-order valence-electron chi connectivity index (χ4n) is 3.39. The van der Waals surface area contributed by atoms with Crippen LogP contribution in [0.1, 0.15) is 22.0 Å². The van der Waals surface area contributed by atoms with Crippen LogP contribution in [0.3, 0.4) is 0 Å². The Morgan fingerprint density at radius 3 is 2.52 bits per heavy atom. The second kappa shape index (κ2) is 9.49. The fraction of sp³-hybridized carbons (Fsp3) is 0.381. The standard InChI is InChI=1S/C21H26N4O4/c1-23(2)18-8-6-16(7-9-18)20(24-10-12-29-13-11-24)15-22-21(26)17-4-3-5-19(14-17)25(27)28/h3-9,14,20H,10-13,15H2,1-2H3,(H,22,26)/t20-/m0/s1. The van der Waals surface area contributed by atoms with E-state index in [1.165, 1.54) is 18.2 Å². The summed E-state index contributed by atoms with van der Waals surface area (Å²) in [7, 11) is 3.99. The van der Waals surface area contributed by atoms with E-state index in [4.69, 9.17) is 4.74 Å². The number of nitrogens with one attached hydrogen (secondary N) is 1. The van der Waals surface area contributed by atoms with Crippen molar-refractivity contribution in [3.05, 3.63) is 69.8 Å². The van der Waals surface area contributed by atoms with Crippen molar-refractivity contribution in [2.45, 2.75) is 6.04 Å². The van der Waals surface area contributed by atoms with Crippen LogP contribution in [0.5, 0.6) is 0 Å². The summed E-state index contributed by atoms with van der Waals surface area (Å²) in [4.78, 5) is 27.4. The summed E-state index contributed by atoms with van der Waals surface area (Å²) in [6.07, 6.45) is 0. The highest BCUT2D eigenvalue weighted by molar-refractivity contribution is 5.94. The van der Waals surface area contributed by atoms with Gasteiger partial charge in [0.1, 0.15) is 0 Å². The first-order valence-electron chi connectivity index (χ1n) is 9.57. The number of morpholine rings is 1. The number of nitrogens with zero attached hydrogens (tertiary/aromatic N) is 3. The Balaban J connectivity index is 1.75. The van der Waals surface area contributed by atoms with E-state index >= 15 is 0 Å². The van der Waals surface area contributed by atoms with E-state index in [-0.39, 0.29) is 23.2 Å². The van der Waals surface area contributed by atoms with Crippen molar-refractivity contribution in [1.29, 1.82) is 0 Å². The average molecular weight is 398 g/mol. The van der Waals surface area contributed by atoms with Crippen LogP contribution in [0.25, 0.3) is 0 Å².